The summed E-state index contributed by atoms with van der Waals surface area (Å²) < 4.78 is 0. The van der Waals surface area contributed by atoms with Crippen LogP contribution in [0.1, 0.15) is 57.6 Å². The molecule has 0 amide bonds. The normalized spacial score (nSPS) is 18.5. The van der Waals surface area contributed by atoms with Gasteiger partial charge in [0.15, 0.2) is 0 Å². The van der Waals surface area contributed by atoms with Gasteiger partial charge in [-0.25, -0.2) is 0 Å². The molecule has 0 aromatic heterocycles. The third-order valence-corrected chi connectivity index (χ3v) is 5.25. The summed E-state index contributed by atoms with van der Waals surface area (Å²) >= 11 is 0. The lowest BCUT2D eigenvalue weighted by molar-refractivity contribution is 0.479. The Morgan fingerprint density at radius 1 is 1.00 bits per heavy atom. The summed E-state index contributed by atoms with van der Waals surface area (Å²) in [4.78, 5) is 0. The van der Waals surface area contributed by atoms with Crippen LogP contribution in [-0.4, -0.2) is 0 Å². The Bertz CT molecular complexity index is 764. The van der Waals surface area contributed by atoms with Crippen molar-refractivity contribution in [2.75, 3.05) is 5.73 Å². The van der Waals surface area contributed by atoms with Gasteiger partial charge >= 0.3 is 0 Å². The summed E-state index contributed by atoms with van der Waals surface area (Å²) in [7, 11) is 0. The van der Waals surface area contributed by atoms with E-state index in [4.69, 9.17) is 5.73 Å². The topological polar surface area (TPSA) is 26.0 Å². The van der Waals surface area contributed by atoms with E-state index in [1.165, 1.54) is 28.7 Å². The maximum atomic E-state index is 6.00. The van der Waals surface area contributed by atoms with Crippen LogP contribution in [0.5, 0.6) is 0 Å². The lowest BCUT2D eigenvalue weighted by Gasteiger charge is -2.28. The van der Waals surface area contributed by atoms with Crippen LogP contribution in [0.15, 0.2) is 59.2 Å². The fraction of sp³-hybridized carbons (Fsp3) is 0.391. The number of nitrogens with two attached hydrogens (primary N) is 1. The summed E-state index contributed by atoms with van der Waals surface area (Å²) in [5.41, 5.74) is 15.6. The van der Waals surface area contributed by atoms with Crippen LogP contribution < -0.4 is 5.73 Å². The fourth-order valence-corrected chi connectivity index (χ4v) is 3.63. The molecule has 126 valence electrons. The molecule has 0 saturated carbocycles. The molecule has 2 aliphatic rings. The highest BCUT2D eigenvalue weighted by Crippen LogP contribution is 2.39. The number of benzene rings is 1. The third kappa shape index (κ3) is 3.40. The van der Waals surface area contributed by atoms with E-state index in [0.717, 1.165) is 30.5 Å². The lowest BCUT2D eigenvalue weighted by atomic mass is 9.77. The van der Waals surface area contributed by atoms with Gasteiger partial charge in [-0.3, -0.25) is 0 Å². The number of hydrogen-bond donors (Lipinski definition) is 1. The Balaban J connectivity index is 2.02. The molecule has 0 fully saturated rings. The van der Waals surface area contributed by atoms with Crippen molar-refractivity contribution in [3.63, 3.8) is 0 Å². The van der Waals surface area contributed by atoms with Gasteiger partial charge in [0.25, 0.3) is 0 Å². The first-order chi connectivity index (χ1) is 11.4. The van der Waals surface area contributed by atoms with Crippen molar-refractivity contribution in [3.05, 3.63) is 70.3 Å². The largest absolute Gasteiger partial charge is 0.399 e. The minimum Gasteiger partial charge on any atom is -0.399 e. The second kappa shape index (κ2) is 6.47. The Kier molecular flexibility index (Phi) is 4.54. The highest BCUT2D eigenvalue weighted by atomic mass is 14.5. The van der Waals surface area contributed by atoms with Crippen LogP contribution in [-0.2, 0) is 0 Å². The summed E-state index contributed by atoms with van der Waals surface area (Å²) in [6, 6.07) is 6.41. The van der Waals surface area contributed by atoms with E-state index in [-0.39, 0.29) is 5.41 Å². The first-order valence-corrected chi connectivity index (χ1v) is 9.03. The number of aryl methyl sites for hydroxylation is 1. The molecule has 0 saturated heterocycles. The first-order valence-electron chi connectivity index (χ1n) is 9.03. The molecule has 2 N–H and O–H groups in total. The molecule has 1 nitrogen and oxygen atoms in total. The average molecular weight is 319 g/mol. The van der Waals surface area contributed by atoms with Crippen molar-refractivity contribution in [2.24, 2.45) is 5.41 Å². The Morgan fingerprint density at radius 2 is 1.79 bits per heavy atom. The molecule has 3 rings (SSSR count). The van der Waals surface area contributed by atoms with Crippen LogP contribution in [0.2, 0.25) is 0 Å². The van der Waals surface area contributed by atoms with Crippen LogP contribution in [0, 0.1) is 12.3 Å². The van der Waals surface area contributed by atoms with Gasteiger partial charge in [0.05, 0.1) is 0 Å². The molecule has 0 heterocycles. The standard InChI is InChI=1S/C23H29N/c1-16-15-18(11-14-22(16)24)21-8-6-5-7-20(21)17-9-12-19(13-10-17)23(2,3)4/h6,8-9,11-12,14-15H,5,7,10,13,24H2,1-4H3. The molecule has 1 aromatic rings. The number of hydrogen-bond acceptors (Lipinski definition) is 1. The summed E-state index contributed by atoms with van der Waals surface area (Å²) in [5, 5.41) is 0. The third-order valence-electron chi connectivity index (χ3n) is 5.25. The highest BCUT2D eigenvalue weighted by Gasteiger charge is 2.21. The summed E-state index contributed by atoms with van der Waals surface area (Å²) in [6.45, 7) is 9.01. The van der Waals surface area contributed by atoms with Crippen LogP contribution in [0.25, 0.3) is 5.57 Å². The van der Waals surface area contributed by atoms with Crippen LogP contribution in [0.3, 0.4) is 0 Å². The highest BCUT2D eigenvalue weighted by molar-refractivity contribution is 5.82. The number of rotatable bonds is 2. The second-order valence-electron chi connectivity index (χ2n) is 8.04. The van der Waals surface area contributed by atoms with Crippen molar-refractivity contribution >= 4 is 11.3 Å². The minimum absolute atomic E-state index is 0.278. The van der Waals surface area contributed by atoms with Crippen molar-refractivity contribution in [1.82, 2.24) is 0 Å². The molecule has 0 spiro atoms. The molecule has 0 atom stereocenters. The van der Waals surface area contributed by atoms with Gasteiger partial charge in [-0.15, -0.1) is 0 Å². The van der Waals surface area contributed by atoms with Crippen molar-refractivity contribution in [2.45, 2.75) is 53.4 Å². The van der Waals surface area contributed by atoms with E-state index in [0.29, 0.717) is 0 Å². The van der Waals surface area contributed by atoms with Gasteiger partial charge in [0.1, 0.15) is 0 Å². The van der Waals surface area contributed by atoms with E-state index in [9.17, 15) is 0 Å². The van der Waals surface area contributed by atoms with Gasteiger partial charge in [-0.2, -0.15) is 0 Å². The SMILES string of the molecule is Cc1cc(C2=C(C3=CC=C(C(C)(C)C)CC3)CCC=C2)ccc1N. The number of anilines is 1. The maximum absolute atomic E-state index is 6.00. The molecule has 0 bridgehead atoms. The zero-order valence-corrected chi connectivity index (χ0v) is 15.4. The van der Waals surface area contributed by atoms with Crippen molar-refractivity contribution < 1.29 is 0 Å². The molecule has 0 aliphatic heterocycles. The maximum Gasteiger partial charge on any atom is 0.0344 e. The smallest absolute Gasteiger partial charge is 0.0344 e. The average Bonchev–Trinajstić information content (AvgIpc) is 2.57. The van der Waals surface area contributed by atoms with Gasteiger partial charge < -0.3 is 5.73 Å². The summed E-state index contributed by atoms with van der Waals surface area (Å²) in [6.07, 6.45) is 13.9. The molecule has 1 heteroatoms. The fourth-order valence-electron chi connectivity index (χ4n) is 3.63. The van der Waals surface area contributed by atoms with Crippen molar-refractivity contribution in [1.29, 1.82) is 0 Å². The van der Waals surface area contributed by atoms with Crippen molar-refractivity contribution in [3.8, 4) is 0 Å². The summed E-state index contributed by atoms with van der Waals surface area (Å²) in [5.74, 6) is 0. The number of nitrogen functional groups attached to an aromatic ring is 1. The van der Waals surface area contributed by atoms with Gasteiger partial charge in [-0.1, -0.05) is 56.7 Å². The molecule has 24 heavy (non-hydrogen) atoms. The Labute approximate surface area is 146 Å². The molecule has 0 radical (unpaired) electrons. The zero-order chi connectivity index (χ0) is 17.3. The number of allylic oxidation sites excluding steroid dienone is 8. The molecule has 1 aromatic carbocycles. The monoisotopic (exact) mass is 319 g/mol. The van der Waals surface area contributed by atoms with Crippen LogP contribution in [0.4, 0.5) is 5.69 Å². The van der Waals surface area contributed by atoms with E-state index in [1.807, 2.05) is 6.07 Å². The first kappa shape index (κ1) is 16.8. The molecular weight excluding hydrogens is 290 g/mol. The quantitative estimate of drug-likeness (QED) is 0.629. The lowest BCUT2D eigenvalue weighted by Crippen LogP contribution is -2.12. The molecule has 0 unspecified atom stereocenters. The predicted molar refractivity (Wildman–Crippen MR) is 106 cm³/mol. The van der Waals surface area contributed by atoms with Crippen LogP contribution >= 0.6 is 0 Å². The van der Waals surface area contributed by atoms with Gasteiger partial charge in [0, 0.05) is 5.69 Å². The zero-order valence-electron chi connectivity index (χ0n) is 15.4. The van der Waals surface area contributed by atoms with E-state index in [1.54, 1.807) is 5.57 Å². The molecule has 2 aliphatic carbocycles. The Hall–Kier alpha value is -2.02. The molecular formula is C23H29N. The second-order valence-corrected chi connectivity index (χ2v) is 8.04. The Morgan fingerprint density at radius 3 is 2.42 bits per heavy atom. The van der Waals surface area contributed by atoms with E-state index >= 15 is 0 Å². The predicted octanol–water partition coefficient (Wildman–Crippen LogP) is 6.37. The van der Waals surface area contributed by atoms with Gasteiger partial charge in [-0.05, 0) is 78.0 Å². The van der Waals surface area contributed by atoms with E-state index in [2.05, 4.69) is 64.1 Å². The van der Waals surface area contributed by atoms with E-state index < -0.39 is 0 Å². The minimum atomic E-state index is 0.278. The van der Waals surface area contributed by atoms with Gasteiger partial charge in [0.2, 0.25) is 0 Å².